The predicted octanol–water partition coefficient (Wildman–Crippen LogP) is 2.76. The highest BCUT2D eigenvalue weighted by Crippen LogP contribution is 2.25. The van der Waals surface area contributed by atoms with E-state index in [4.69, 9.17) is 0 Å². The SMILES string of the molecule is CC(C(=O)N(C)C(C)c1ccc(F)c(F)c1)C1CNC1.Cl. The molecule has 1 amide bonds. The summed E-state index contributed by atoms with van der Waals surface area (Å²) in [5, 5.41) is 3.15. The Morgan fingerprint density at radius 2 is 1.90 bits per heavy atom. The van der Waals surface area contributed by atoms with Gasteiger partial charge in [0.1, 0.15) is 0 Å². The third kappa shape index (κ3) is 3.71. The fourth-order valence-corrected chi connectivity index (χ4v) is 2.37. The van der Waals surface area contributed by atoms with Crippen LogP contribution in [-0.2, 0) is 4.79 Å². The van der Waals surface area contributed by atoms with Crippen LogP contribution in [0.25, 0.3) is 0 Å². The van der Waals surface area contributed by atoms with Crippen molar-refractivity contribution in [3.05, 3.63) is 35.4 Å². The molecule has 21 heavy (non-hydrogen) atoms. The number of amides is 1. The lowest BCUT2D eigenvalue weighted by molar-refractivity contribution is -0.138. The number of rotatable bonds is 4. The van der Waals surface area contributed by atoms with Gasteiger partial charge in [-0.15, -0.1) is 12.4 Å². The summed E-state index contributed by atoms with van der Waals surface area (Å²) in [6, 6.07) is 3.48. The minimum Gasteiger partial charge on any atom is -0.339 e. The standard InChI is InChI=1S/C15H20F2N2O.ClH/c1-9(12-7-18-8-12)15(20)19(3)10(2)11-4-5-13(16)14(17)6-11;/h4-6,9-10,12,18H,7-8H2,1-3H3;1H. The van der Waals surface area contributed by atoms with Crippen molar-refractivity contribution < 1.29 is 13.6 Å². The molecule has 0 spiro atoms. The van der Waals surface area contributed by atoms with Crippen molar-refractivity contribution in [2.45, 2.75) is 19.9 Å². The van der Waals surface area contributed by atoms with Gasteiger partial charge in [-0.1, -0.05) is 13.0 Å². The Bertz CT molecular complexity index is 508. The molecule has 1 N–H and O–H groups in total. The molecule has 1 heterocycles. The van der Waals surface area contributed by atoms with E-state index in [0.29, 0.717) is 11.5 Å². The Morgan fingerprint density at radius 1 is 1.29 bits per heavy atom. The van der Waals surface area contributed by atoms with Gasteiger partial charge >= 0.3 is 0 Å². The molecule has 1 saturated heterocycles. The van der Waals surface area contributed by atoms with Crippen LogP contribution < -0.4 is 5.32 Å². The number of hydrogen-bond acceptors (Lipinski definition) is 2. The van der Waals surface area contributed by atoms with E-state index in [1.54, 1.807) is 11.9 Å². The highest BCUT2D eigenvalue weighted by molar-refractivity contribution is 5.85. The molecule has 3 nitrogen and oxygen atoms in total. The maximum absolute atomic E-state index is 13.3. The van der Waals surface area contributed by atoms with Gasteiger partial charge in [-0.25, -0.2) is 8.78 Å². The zero-order valence-corrected chi connectivity index (χ0v) is 13.2. The van der Waals surface area contributed by atoms with E-state index >= 15 is 0 Å². The van der Waals surface area contributed by atoms with Gasteiger partial charge < -0.3 is 10.2 Å². The molecular formula is C15H21ClF2N2O. The zero-order valence-electron chi connectivity index (χ0n) is 12.4. The first kappa shape index (κ1) is 17.9. The summed E-state index contributed by atoms with van der Waals surface area (Å²) in [7, 11) is 1.71. The van der Waals surface area contributed by atoms with E-state index in [0.717, 1.165) is 25.2 Å². The van der Waals surface area contributed by atoms with E-state index in [1.807, 2.05) is 13.8 Å². The zero-order chi connectivity index (χ0) is 14.9. The smallest absolute Gasteiger partial charge is 0.226 e. The predicted molar refractivity (Wildman–Crippen MR) is 80.3 cm³/mol. The van der Waals surface area contributed by atoms with Gasteiger partial charge in [0, 0.05) is 13.0 Å². The van der Waals surface area contributed by atoms with E-state index in [9.17, 15) is 13.6 Å². The number of carbonyl (C=O) groups excluding carboxylic acids is 1. The van der Waals surface area contributed by atoms with Crippen LogP contribution in [-0.4, -0.2) is 30.9 Å². The fraction of sp³-hybridized carbons (Fsp3) is 0.533. The molecule has 1 aliphatic heterocycles. The largest absolute Gasteiger partial charge is 0.339 e. The molecule has 0 bridgehead atoms. The minimum absolute atomic E-state index is 0. The maximum Gasteiger partial charge on any atom is 0.226 e. The second kappa shape index (κ2) is 7.18. The molecule has 1 fully saturated rings. The number of hydrogen-bond donors (Lipinski definition) is 1. The Balaban J connectivity index is 0.00000220. The Kier molecular flexibility index (Phi) is 6.10. The van der Waals surface area contributed by atoms with Crippen LogP contribution in [0.4, 0.5) is 8.78 Å². The lowest BCUT2D eigenvalue weighted by Crippen LogP contribution is -2.50. The van der Waals surface area contributed by atoms with E-state index < -0.39 is 11.6 Å². The average molecular weight is 319 g/mol. The molecule has 2 unspecified atom stereocenters. The lowest BCUT2D eigenvalue weighted by atomic mass is 9.87. The first-order valence-electron chi connectivity index (χ1n) is 6.84. The number of benzene rings is 1. The topological polar surface area (TPSA) is 32.3 Å². The third-order valence-corrected chi connectivity index (χ3v) is 4.26. The van der Waals surface area contributed by atoms with Crippen molar-refractivity contribution in [1.29, 1.82) is 0 Å². The van der Waals surface area contributed by atoms with Gasteiger partial charge in [-0.05, 0) is 43.6 Å². The van der Waals surface area contributed by atoms with Crippen molar-refractivity contribution in [1.82, 2.24) is 10.2 Å². The second-order valence-corrected chi connectivity index (χ2v) is 5.51. The minimum atomic E-state index is -0.883. The van der Waals surface area contributed by atoms with E-state index in [2.05, 4.69) is 5.32 Å². The van der Waals surface area contributed by atoms with Crippen molar-refractivity contribution >= 4 is 18.3 Å². The lowest BCUT2D eigenvalue weighted by Gasteiger charge is -2.35. The molecule has 0 aromatic heterocycles. The summed E-state index contributed by atoms with van der Waals surface area (Å²) in [4.78, 5) is 14.0. The molecule has 2 rings (SSSR count). The van der Waals surface area contributed by atoms with Gasteiger partial charge in [-0.2, -0.15) is 0 Å². The molecule has 6 heteroatoms. The normalized spacial score (nSPS) is 17.4. The molecule has 1 aliphatic rings. The second-order valence-electron chi connectivity index (χ2n) is 5.51. The molecule has 118 valence electrons. The number of nitrogens with one attached hydrogen (secondary N) is 1. The summed E-state index contributed by atoms with van der Waals surface area (Å²) < 4.78 is 26.2. The molecule has 1 aromatic carbocycles. The average Bonchev–Trinajstić information content (AvgIpc) is 2.37. The van der Waals surface area contributed by atoms with Crippen LogP contribution in [0.1, 0.15) is 25.5 Å². The summed E-state index contributed by atoms with van der Waals surface area (Å²) in [6.45, 7) is 5.46. The molecular weight excluding hydrogens is 298 g/mol. The van der Waals surface area contributed by atoms with Gasteiger partial charge in [-0.3, -0.25) is 4.79 Å². The van der Waals surface area contributed by atoms with Crippen molar-refractivity contribution in [2.75, 3.05) is 20.1 Å². The maximum atomic E-state index is 13.3. The van der Waals surface area contributed by atoms with Crippen molar-refractivity contribution in [3.63, 3.8) is 0 Å². The molecule has 1 aromatic rings. The number of nitrogens with zero attached hydrogens (tertiary/aromatic N) is 1. The highest BCUT2D eigenvalue weighted by Gasteiger charge is 2.32. The summed E-state index contributed by atoms with van der Waals surface area (Å²) in [5.41, 5.74) is 0.596. The van der Waals surface area contributed by atoms with Gasteiger partial charge in [0.05, 0.1) is 6.04 Å². The van der Waals surface area contributed by atoms with Crippen LogP contribution in [0.15, 0.2) is 18.2 Å². The first-order chi connectivity index (χ1) is 9.41. The fourth-order valence-electron chi connectivity index (χ4n) is 2.37. The van der Waals surface area contributed by atoms with E-state index in [-0.39, 0.29) is 30.3 Å². The van der Waals surface area contributed by atoms with Crippen LogP contribution in [0.3, 0.4) is 0 Å². The molecule has 0 radical (unpaired) electrons. The van der Waals surface area contributed by atoms with Crippen molar-refractivity contribution in [2.24, 2.45) is 11.8 Å². The summed E-state index contributed by atoms with van der Waals surface area (Å²) >= 11 is 0. The molecule has 2 atom stereocenters. The van der Waals surface area contributed by atoms with E-state index in [1.165, 1.54) is 6.07 Å². The molecule has 0 saturated carbocycles. The van der Waals surface area contributed by atoms with Gasteiger partial charge in [0.2, 0.25) is 5.91 Å². The molecule has 0 aliphatic carbocycles. The van der Waals surface area contributed by atoms with Crippen LogP contribution >= 0.6 is 12.4 Å². The monoisotopic (exact) mass is 318 g/mol. The Labute approximate surface area is 130 Å². The number of halogens is 3. The first-order valence-corrected chi connectivity index (χ1v) is 6.84. The Morgan fingerprint density at radius 3 is 2.38 bits per heavy atom. The van der Waals surface area contributed by atoms with Crippen LogP contribution in [0.2, 0.25) is 0 Å². The van der Waals surface area contributed by atoms with Crippen LogP contribution in [0, 0.1) is 23.5 Å². The summed E-state index contributed by atoms with van der Waals surface area (Å²) in [6.07, 6.45) is 0. The van der Waals surface area contributed by atoms with Crippen molar-refractivity contribution in [3.8, 4) is 0 Å². The Hall–Kier alpha value is -1.20. The number of carbonyl (C=O) groups is 1. The highest BCUT2D eigenvalue weighted by atomic mass is 35.5. The quantitative estimate of drug-likeness (QED) is 0.926. The third-order valence-electron chi connectivity index (χ3n) is 4.26. The van der Waals surface area contributed by atoms with Crippen LogP contribution in [0.5, 0.6) is 0 Å². The van der Waals surface area contributed by atoms with Gasteiger partial charge in [0.25, 0.3) is 0 Å². The summed E-state index contributed by atoms with van der Waals surface area (Å²) in [5.74, 6) is -1.42. The van der Waals surface area contributed by atoms with Gasteiger partial charge in [0.15, 0.2) is 11.6 Å².